The van der Waals surface area contributed by atoms with Gasteiger partial charge in [0, 0.05) is 0 Å². The Morgan fingerprint density at radius 2 is 2.22 bits per heavy atom. The first-order valence-electron chi connectivity index (χ1n) is 5.17. The van der Waals surface area contributed by atoms with Gasteiger partial charge in [-0.2, -0.15) is 5.26 Å². The van der Waals surface area contributed by atoms with Crippen LogP contribution in [0.25, 0.3) is 0 Å². The van der Waals surface area contributed by atoms with Gasteiger partial charge in [-0.15, -0.1) is 0 Å². The van der Waals surface area contributed by atoms with Gasteiger partial charge in [0.1, 0.15) is 5.75 Å². The van der Waals surface area contributed by atoms with Crippen LogP contribution in [0.5, 0.6) is 5.75 Å². The number of rotatable bonds is 4. The predicted molar refractivity (Wildman–Crippen MR) is 66.4 cm³/mol. The Kier molecular flexibility index (Phi) is 4.22. The maximum absolute atomic E-state index is 10.6. The van der Waals surface area contributed by atoms with Crippen LogP contribution >= 0.6 is 0 Å². The third-order valence-corrected chi connectivity index (χ3v) is 2.17. The fourth-order valence-corrected chi connectivity index (χ4v) is 1.37. The largest absolute Gasteiger partial charge is 0.450 e. The third-order valence-electron chi connectivity index (χ3n) is 2.17. The van der Waals surface area contributed by atoms with Crippen molar-refractivity contribution in [1.29, 1.82) is 5.26 Å². The van der Waals surface area contributed by atoms with Crippen molar-refractivity contribution in [2.45, 2.75) is 13.8 Å². The molecule has 0 radical (unpaired) electrons. The molecule has 0 aliphatic heterocycles. The number of benzene rings is 1. The van der Waals surface area contributed by atoms with Crippen LogP contribution in [0.15, 0.2) is 42.3 Å². The second kappa shape index (κ2) is 5.64. The number of nitro groups is 1. The number of ether oxygens (including phenoxy) is 1. The molecule has 0 unspecified atom stereocenters. The molecule has 0 amide bonds. The lowest BCUT2D eigenvalue weighted by Gasteiger charge is -2.08. The highest BCUT2D eigenvalue weighted by Gasteiger charge is 2.16. The molecule has 0 saturated carbocycles. The maximum atomic E-state index is 10.6. The number of allylic oxidation sites excluding steroid dienone is 1. The van der Waals surface area contributed by atoms with Crippen LogP contribution in [0.1, 0.15) is 18.1 Å². The van der Waals surface area contributed by atoms with Crippen LogP contribution in [0, 0.1) is 28.4 Å². The SMILES string of the molecule is C=C(C(=CC)Oc1cc(C)cc(C#N)c1)[N+](=O)[O-]. The van der Waals surface area contributed by atoms with Gasteiger partial charge in [-0.05, 0) is 50.3 Å². The zero-order valence-electron chi connectivity index (χ0n) is 10.1. The lowest BCUT2D eigenvalue weighted by Crippen LogP contribution is -2.06. The molecule has 1 aromatic rings. The molecule has 0 bridgehead atoms. The van der Waals surface area contributed by atoms with Crippen molar-refractivity contribution in [1.82, 2.24) is 0 Å². The van der Waals surface area contributed by atoms with Crippen LogP contribution in [0.3, 0.4) is 0 Å². The molecule has 0 heterocycles. The molecule has 0 N–H and O–H groups in total. The van der Waals surface area contributed by atoms with Crippen LogP contribution < -0.4 is 4.74 Å². The average Bonchev–Trinajstić information content (AvgIpc) is 2.34. The molecule has 0 spiro atoms. The molecule has 0 aliphatic carbocycles. The number of hydrogen-bond donors (Lipinski definition) is 0. The molecular weight excluding hydrogens is 232 g/mol. The highest BCUT2D eigenvalue weighted by Crippen LogP contribution is 2.21. The lowest BCUT2D eigenvalue weighted by atomic mass is 10.1. The summed E-state index contributed by atoms with van der Waals surface area (Å²) in [6.45, 7) is 6.76. The third kappa shape index (κ3) is 3.19. The minimum absolute atomic E-state index is 0.0643. The van der Waals surface area contributed by atoms with Gasteiger partial charge in [0.2, 0.25) is 0 Å². The highest BCUT2D eigenvalue weighted by molar-refractivity contribution is 5.41. The molecule has 0 fully saturated rings. The summed E-state index contributed by atoms with van der Waals surface area (Å²) in [5.41, 5.74) is 0.955. The fraction of sp³-hybridized carbons (Fsp3) is 0.154. The van der Waals surface area contributed by atoms with Crippen LogP contribution in [-0.4, -0.2) is 4.92 Å². The Morgan fingerprint density at radius 1 is 1.56 bits per heavy atom. The molecular formula is C13H12N2O3. The molecule has 1 aromatic carbocycles. The minimum Gasteiger partial charge on any atom is -0.450 e. The fourth-order valence-electron chi connectivity index (χ4n) is 1.37. The Labute approximate surface area is 105 Å². The summed E-state index contributed by atoms with van der Waals surface area (Å²) in [7, 11) is 0. The van der Waals surface area contributed by atoms with E-state index in [9.17, 15) is 10.1 Å². The van der Waals surface area contributed by atoms with E-state index in [4.69, 9.17) is 10.00 Å². The van der Waals surface area contributed by atoms with E-state index < -0.39 is 4.92 Å². The van der Waals surface area contributed by atoms with Crippen LogP contribution in [0.2, 0.25) is 0 Å². The van der Waals surface area contributed by atoms with Crippen molar-refractivity contribution in [2.24, 2.45) is 0 Å². The molecule has 92 valence electrons. The average molecular weight is 244 g/mol. The zero-order valence-corrected chi connectivity index (χ0v) is 10.1. The van der Waals surface area contributed by atoms with Gasteiger partial charge in [0.25, 0.3) is 0 Å². The van der Waals surface area contributed by atoms with E-state index >= 15 is 0 Å². The standard InChI is InChI=1S/C13H12N2O3/c1-4-13(10(3)15(16)17)18-12-6-9(2)5-11(7-12)8-14/h4-7H,3H2,1-2H3. The summed E-state index contributed by atoms with van der Waals surface area (Å²) in [5.74, 6) is 0.442. The quantitative estimate of drug-likeness (QED) is 0.353. The van der Waals surface area contributed by atoms with E-state index in [0.717, 1.165) is 5.56 Å². The van der Waals surface area contributed by atoms with E-state index in [-0.39, 0.29) is 11.5 Å². The normalized spacial score (nSPS) is 10.6. The van der Waals surface area contributed by atoms with E-state index in [1.807, 2.05) is 13.0 Å². The van der Waals surface area contributed by atoms with Crippen molar-refractivity contribution in [3.05, 3.63) is 63.6 Å². The smallest absolute Gasteiger partial charge is 0.304 e. The van der Waals surface area contributed by atoms with Crippen LogP contribution in [0.4, 0.5) is 0 Å². The lowest BCUT2D eigenvalue weighted by molar-refractivity contribution is -0.422. The summed E-state index contributed by atoms with van der Waals surface area (Å²) in [6, 6.07) is 6.90. The van der Waals surface area contributed by atoms with Gasteiger partial charge in [0.05, 0.1) is 16.6 Å². The van der Waals surface area contributed by atoms with E-state index in [2.05, 4.69) is 6.58 Å². The number of nitrogens with zero attached hydrogens (tertiary/aromatic N) is 2. The van der Waals surface area contributed by atoms with Gasteiger partial charge in [-0.25, -0.2) is 0 Å². The van der Waals surface area contributed by atoms with Crippen LogP contribution in [-0.2, 0) is 0 Å². The molecule has 5 nitrogen and oxygen atoms in total. The Hall–Kier alpha value is -2.61. The topological polar surface area (TPSA) is 76.2 Å². The van der Waals surface area contributed by atoms with Crippen molar-refractivity contribution in [3.8, 4) is 11.8 Å². The Balaban J connectivity index is 3.04. The molecule has 0 atom stereocenters. The molecule has 5 heteroatoms. The van der Waals surface area contributed by atoms with Crippen molar-refractivity contribution in [2.75, 3.05) is 0 Å². The summed E-state index contributed by atoms with van der Waals surface area (Å²) in [5, 5.41) is 19.4. The zero-order chi connectivity index (χ0) is 13.7. The van der Waals surface area contributed by atoms with E-state index in [0.29, 0.717) is 11.3 Å². The first kappa shape index (κ1) is 13.5. The van der Waals surface area contributed by atoms with Gasteiger partial charge < -0.3 is 4.74 Å². The summed E-state index contributed by atoms with van der Waals surface area (Å²) in [6.07, 6.45) is 1.46. The number of hydrogen-bond acceptors (Lipinski definition) is 4. The van der Waals surface area contributed by atoms with Crippen molar-refractivity contribution < 1.29 is 9.66 Å². The Morgan fingerprint density at radius 3 is 2.72 bits per heavy atom. The van der Waals surface area contributed by atoms with Gasteiger partial charge in [-0.1, -0.05) is 0 Å². The maximum Gasteiger partial charge on any atom is 0.304 e. The van der Waals surface area contributed by atoms with E-state index in [1.165, 1.54) is 12.1 Å². The van der Waals surface area contributed by atoms with Crippen molar-refractivity contribution >= 4 is 0 Å². The molecule has 0 aromatic heterocycles. The summed E-state index contributed by atoms with van der Waals surface area (Å²) < 4.78 is 5.38. The molecule has 0 saturated heterocycles. The molecule has 18 heavy (non-hydrogen) atoms. The first-order valence-corrected chi connectivity index (χ1v) is 5.17. The minimum atomic E-state index is -0.615. The molecule has 1 rings (SSSR count). The second-order valence-electron chi connectivity index (χ2n) is 3.61. The molecule has 0 aliphatic rings. The van der Waals surface area contributed by atoms with Gasteiger partial charge in [0.15, 0.2) is 5.76 Å². The van der Waals surface area contributed by atoms with Gasteiger partial charge in [-0.3, -0.25) is 10.1 Å². The van der Waals surface area contributed by atoms with E-state index in [1.54, 1.807) is 19.1 Å². The second-order valence-corrected chi connectivity index (χ2v) is 3.61. The predicted octanol–water partition coefficient (Wildman–Crippen LogP) is 2.94. The summed E-state index contributed by atoms with van der Waals surface area (Å²) >= 11 is 0. The number of aryl methyl sites for hydroxylation is 1. The number of nitriles is 1. The highest BCUT2D eigenvalue weighted by atomic mass is 16.6. The Bertz CT molecular complexity index is 568. The van der Waals surface area contributed by atoms with Crippen molar-refractivity contribution in [3.63, 3.8) is 0 Å². The summed E-state index contributed by atoms with van der Waals surface area (Å²) in [4.78, 5) is 10.00. The monoisotopic (exact) mass is 244 g/mol. The van der Waals surface area contributed by atoms with Gasteiger partial charge >= 0.3 is 5.70 Å². The first-order chi connectivity index (χ1) is 8.47.